The molecule has 3 aromatic heterocycles. The second kappa shape index (κ2) is 17.2. The highest BCUT2D eigenvalue weighted by Crippen LogP contribution is 2.37. The zero-order valence-corrected chi connectivity index (χ0v) is 32.5. The minimum atomic E-state index is -0.246. The van der Waals surface area contributed by atoms with E-state index in [9.17, 15) is 14.9 Å². The lowest BCUT2D eigenvalue weighted by Crippen LogP contribution is -2.40. The fourth-order valence-electron chi connectivity index (χ4n) is 6.49. The zero-order chi connectivity index (χ0) is 36.7. The van der Waals surface area contributed by atoms with E-state index in [4.69, 9.17) is 9.15 Å². The number of thiazole rings is 2. The van der Waals surface area contributed by atoms with Gasteiger partial charge in [0, 0.05) is 36.0 Å². The van der Waals surface area contributed by atoms with Crippen molar-refractivity contribution in [2.75, 3.05) is 38.1 Å². The number of carbonyl (C=O) groups excluding carboxylic acids is 2. The van der Waals surface area contributed by atoms with Crippen molar-refractivity contribution < 1.29 is 18.7 Å². The Kier molecular flexibility index (Phi) is 12.5. The van der Waals surface area contributed by atoms with Crippen LogP contribution < -0.4 is 10.1 Å². The molecule has 0 saturated carbocycles. The number of piperidine rings is 1. The van der Waals surface area contributed by atoms with Crippen molar-refractivity contribution >= 4 is 57.5 Å². The first-order valence-corrected chi connectivity index (χ1v) is 20.4. The number of thioether (sulfide) groups is 1. The van der Waals surface area contributed by atoms with Crippen molar-refractivity contribution in [3.63, 3.8) is 0 Å². The fourth-order valence-corrected chi connectivity index (χ4v) is 8.79. The van der Waals surface area contributed by atoms with Crippen LogP contribution >= 0.6 is 34.4 Å². The van der Waals surface area contributed by atoms with Crippen LogP contribution in [0.5, 0.6) is 5.75 Å². The Morgan fingerprint density at radius 1 is 1.17 bits per heavy atom. The summed E-state index contributed by atoms with van der Waals surface area (Å²) in [6.45, 7) is 12.0. The van der Waals surface area contributed by atoms with Crippen LogP contribution in [0.2, 0.25) is 0 Å². The smallest absolute Gasteiger partial charge is 0.265 e. The molecule has 0 spiro atoms. The molecular weight excluding hydrogens is 715 g/mol. The van der Waals surface area contributed by atoms with E-state index >= 15 is 0 Å². The van der Waals surface area contributed by atoms with Crippen LogP contribution in [0, 0.1) is 17.2 Å². The van der Waals surface area contributed by atoms with Crippen molar-refractivity contribution in [1.29, 1.82) is 5.26 Å². The average molecular weight is 760 g/mol. The minimum Gasteiger partial charge on any atom is -0.492 e. The van der Waals surface area contributed by atoms with Crippen molar-refractivity contribution in [1.82, 2.24) is 24.8 Å². The Labute approximate surface area is 317 Å². The predicted molar refractivity (Wildman–Crippen MR) is 205 cm³/mol. The van der Waals surface area contributed by atoms with Gasteiger partial charge in [-0.15, -0.1) is 23.1 Å². The number of anilines is 1. The third kappa shape index (κ3) is 9.49. The number of amides is 2. The van der Waals surface area contributed by atoms with Crippen LogP contribution in [-0.4, -0.2) is 69.4 Å². The largest absolute Gasteiger partial charge is 0.492 e. The van der Waals surface area contributed by atoms with Crippen LogP contribution in [0.1, 0.15) is 87.2 Å². The molecule has 1 atom stereocenters. The third-order valence-corrected chi connectivity index (χ3v) is 12.2. The molecule has 2 aliphatic heterocycles. The summed E-state index contributed by atoms with van der Waals surface area (Å²) in [7, 11) is 0. The molecule has 5 heterocycles. The summed E-state index contributed by atoms with van der Waals surface area (Å²) >= 11 is 4.48. The van der Waals surface area contributed by atoms with Gasteiger partial charge < -0.3 is 19.4 Å². The van der Waals surface area contributed by atoms with Crippen LogP contribution in [0.3, 0.4) is 0 Å². The van der Waals surface area contributed by atoms with E-state index in [0.29, 0.717) is 41.4 Å². The van der Waals surface area contributed by atoms with E-state index in [1.807, 2.05) is 16.3 Å². The van der Waals surface area contributed by atoms with Gasteiger partial charge in [0.1, 0.15) is 34.8 Å². The highest BCUT2D eigenvalue weighted by atomic mass is 32.2. The van der Waals surface area contributed by atoms with Crippen molar-refractivity contribution in [3.8, 4) is 11.8 Å². The second-order valence-corrected chi connectivity index (χ2v) is 17.3. The Morgan fingerprint density at radius 3 is 2.71 bits per heavy atom. The van der Waals surface area contributed by atoms with Gasteiger partial charge in [0.15, 0.2) is 5.13 Å². The Hall–Kier alpha value is -4.03. The Bertz CT molecular complexity index is 1900. The van der Waals surface area contributed by atoms with Crippen LogP contribution in [0.25, 0.3) is 6.08 Å². The van der Waals surface area contributed by atoms with E-state index < -0.39 is 0 Å². The summed E-state index contributed by atoms with van der Waals surface area (Å²) in [5.74, 6) is 2.72. The molecule has 1 N–H and O–H groups in total. The number of nitriles is 1. The molecule has 1 fully saturated rings. The lowest BCUT2D eigenvalue weighted by atomic mass is 9.89. The van der Waals surface area contributed by atoms with Gasteiger partial charge in [0.2, 0.25) is 11.8 Å². The van der Waals surface area contributed by atoms with E-state index in [0.717, 1.165) is 66.6 Å². The summed E-state index contributed by atoms with van der Waals surface area (Å²) < 4.78 is 13.1. The molecule has 1 saturated heterocycles. The topological polar surface area (TPSA) is 137 Å². The summed E-state index contributed by atoms with van der Waals surface area (Å²) in [5, 5.41) is 15.9. The lowest BCUT2D eigenvalue weighted by molar-refractivity contribution is -0.129. The fraction of sp³-hybridized carbons (Fsp3) is 0.474. The van der Waals surface area contributed by atoms with E-state index in [-0.39, 0.29) is 34.8 Å². The maximum absolute atomic E-state index is 13.5. The number of hydrogen-bond acceptors (Lipinski definition) is 12. The standard InChI is InChI=1S/C38H45N7O4S3/c1-5-6-30-29-8-7-28(19-26(29)11-15-45(30)36(47)27(21-39)20-33-40-12-18-50-33)48-17-16-44-13-9-25(10-14-44)35(46)43-37-42-23-34(52-37)51-24-32-41-22-31(49-32)38(2,3)4/h7-8,12,18-20,22-23,25,30H,5-6,9-11,13-17,24H2,1-4H3,(H,42,43,46)/b27-20+. The van der Waals surface area contributed by atoms with Crippen molar-refractivity contribution in [3.05, 3.63) is 75.5 Å². The van der Waals surface area contributed by atoms with Gasteiger partial charge in [-0.05, 0) is 68.1 Å². The molecule has 2 amide bonds. The number of aromatic nitrogens is 3. The Balaban J connectivity index is 0.939. The highest BCUT2D eigenvalue weighted by Gasteiger charge is 2.32. The highest BCUT2D eigenvalue weighted by molar-refractivity contribution is 8.00. The maximum atomic E-state index is 13.5. The number of nitrogens with zero attached hydrogens (tertiary/aromatic N) is 6. The first-order chi connectivity index (χ1) is 25.1. The quantitative estimate of drug-likeness (QED) is 0.0819. The van der Waals surface area contributed by atoms with Crippen molar-refractivity contribution in [2.45, 2.75) is 81.2 Å². The number of likely N-dealkylation sites (tertiary alicyclic amines) is 1. The lowest BCUT2D eigenvalue weighted by Gasteiger charge is -2.37. The van der Waals surface area contributed by atoms with E-state index in [2.05, 4.69) is 71.1 Å². The molecule has 52 heavy (non-hydrogen) atoms. The summed E-state index contributed by atoms with van der Waals surface area (Å²) in [4.78, 5) is 43.8. The molecule has 11 nitrogen and oxygen atoms in total. The molecule has 1 unspecified atom stereocenters. The number of benzene rings is 1. The molecule has 4 aromatic rings. The minimum absolute atomic E-state index is 0.0272. The van der Waals surface area contributed by atoms with Gasteiger partial charge in [0.05, 0.1) is 28.4 Å². The van der Waals surface area contributed by atoms with Crippen LogP contribution in [-0.2, 0) is 27.2 Å². The van der Waals surface area contributed by atoms with E-state index in [1.165, 1.54) is 28.2 Å². The predicted octanol–water partition coefficient (Wildman–Crippen LogP) is 7.74. The van der Waals surface area contributed by atoms with Crippen LogP contribution in [0.4, 0.5) is 5.13 Å². The number of hydrogen-bond donors (Lipinski definition) is 1. The number of oxazole rings is 1. The maximum Gasteiger partial charge on any atom is 0.265 e. The van der Waals surface area contributed by atoms with Gasteiger partial charge in [-0.25, -0.2) is 15.0 Å². The normalized spacial score (nSPS) is 17.1. The van der Waals surface area contributed by atoms with E-state index in [1.54, 1.807) is 36.4 Å². The van der Waals surface area contributed by atoms with Gasteiger partial charge in [-0.1, -0.05) is 51.5 Å². The molecule has 0 bridgehead atoms. The number of rotatable bonds is 13. The average Bonchev–Trinajstić information content (AvgIpc) is 3.93. The molecule has 2 aliphatic rings. The zero-order valence-electron chi connectivity index (χ0n) is 30.1. The van der Waals surface area contributed by atoms with Gasteiger partial charge in [-0.2, -0.15) is 5.26 Å². The molecule has 14 heteroatoms. The first-order valence-electron chi connectivity index (χ1n) is 17.8. The molecule has 1 aromatic carbocycles. The summed E-state index contributed by atoms with van der Waals surface area (Å²) in [6.07, 6.45) is 10.8. The summed E-state index contributed by atoms with van der Waals surface area (Å²) in [6, 6.07) is 8.18. The third-order valence-electron chi connectivity index (χ3n) is 9.34. The molecule has 0 radical (unpaired) electrons. The van der Waals surface area contributed by atoms with Crippen LogP contribution in [0.15, 0.2) is 56.4 Å². The van der Waals surface area contributed by atoms with Gasteiger partial charge in [-0.3, -0.25) is 14.5 Å². The molecule has 0 aliphatic carbocycles. The summed E-state index contributed by atoms with van der Waals surface area (Å²) in [5.41, 5.74) is 2.34. The SMILES string of the molecule is CCCC1c2ccc(OCCN3CCC(C(=O)Nc4ncc(SCc5ncc(C(C)(C)C)o5)s4)CC3)cc2CCN1C(=O)/C(C#N)=C/c1nccs1. The number of fused-ring (bicyclic) bond motifs is 1. The Morgan fingerprint density at radius 2 is 2.00 bits per heavy atom. The second-order valence-electron chi connectivity index (χ2n) is 14.0. The number of nitrogens with one attached hydrogen (secondary N) is 1. The molecule has 274 valence electrons. The molecular formula is C38H45N7O4S3. The number of carbonyl (C=O) groups is 2. The molecule has 6 rings (SSSR count). The van der Waals surface area contributed by atoms with Crippen molar-refractivity contribution in [2.24, 2.45) is 5.92 Å². The first kappa shape index (κ1) is 37.7. The van der Waals surface area contributed by atoms with Gasteiger partial charge in [0.25, 0.3) is 5.91 Å². The van der Waals surface area contributed by atoms with Gasteiger partial charge >= 0.3 is 0 Å². The number of ether oxygens (including phenoxy) is 1. The monoisotopic (exact) mass is 759 g/mol.